The predicted molar refractivity (Wildman–Crippen MR) is 98.6 cm³/mol. The zero-order valence-electron chi connectivity index (χ0n) is 13.4. The van der Waals surface area contributed by atoms with Gasteiger partial charge in [-0.2, -0.15) is 5.10 Å². The zero-order chi connectivity index (χ0) is 15.8. The molecule has 0 fully saturated rings. The van der Waals surface area contributed by atoms with Crippen molar-refractivity contribution >= 4 is 23.1 Å². The molecule has 0 saturated carbocycles. The fraction of sp³-hybridized carbons (Fsp3) is 0.211. The Bertz CT molecular complexity index is 857. The van der Waals surface area contributed by atoms with E-state index in [4.69, 9.17) is 5.10 Å². The Kier molecular flexibility index (Phi) is 3.54. The van der Waals surface area contributed by atoms with E-state index in [0.29, 0.717) is 0 Å². The molecule has 0 N–H and O–H groups in total. The maximum atomic E-state index is 4.96. The van der Waals surface area contributed by atoms with Crippen molar-refractivity contribution in [2.75, 3.05) is 19.0 Å². The third-order valence-electron chi connectivity index (χ3n) is 4.20. The van der Waals surface area contributed by atoms with Gasteiger partial charge in [0.1, 0.15) is 5.69 Å². The zero-order valence-corrected chi connectivity index (χ0v) is 14.2. The molecule has 0 amide bonds. The molecular formula is C19H19N3S. The maximum absolute atomic E-state index is 4.96. The molecular weight excluding hydrogens is 302 g/mol. The van der Waals surface area contributed by atoms with Crippen LogP contribution in [-0.2, 0) is 6.42 Å². The standard InChI is InChI=1S/C19H19N3S/c1-21(2)14-7-5-8-15(13-14)22-17-10-4-3-9-16(17)19(20-22)18-11-6-12-23-18/h3,5-9,11-13H,4,10H2,1-2H3. The second-order valence-electron chi connectivity index (χ2n) is 5.95. The second kappa shape index (κ2) is 5.70. The van der Waals surface area contributed by atoms with Crippen molar-refractivity contribution < 1.29 is 0 Å². The first-order chi connectivity index (χ1) is 11.2. The minimum atomic E-state index is 1.04. The van der Waals surface area contributed by atoms with E-state index in [-0.39, 0.29) is 0 Å². The molecule has 2 heterocycles. The van der Waals surface area contributed by atoms with Crippen molar-refractivity contribution in [3.8, 4) is 16.3 Å². The van der Waals surface area contributed by atoms with Gasteiger partial charge in [-0.25, -0.2) is 4.68 Å². The van der Waals surface area contributed by atoms with Crippen molar-refractivity contribution in [3.63, 3.8) is 0 Å². The van der Waals surface area contributed by atoms with Crippen molar-refractivity contribution in [1.29, 1.82) is 0 Å². The number of anilines is 1. The summed E-state index contributed by atoms with van der Waals surface area (Å²) in [7, 11) is 4.13. The first-order valence-corrected chi connectivity index (χ1v) is 8.72. The number of hydrogen-bond acceptors (Lipinski definition) is 3. The van der Waals surface area contributed by atoms with Crippen LogP contribution in [0.15, 0.2) is 47.9 Å². The largest absolute Gasteiger partial charge is 0.378 e. The van der Waals surface area contributed by atoms with Crippen LogP contribution in [0.4, 0.5) is 5.69 Å². The number of nitrogens with zero attached hydrogens (tertiary/aromatic N) is 3. The maximum Gasteiger partial charge on any atom is 0.110 e. The van der Waals surface area contributed by atoms with E-state index in [9.17, 15) is 0 Å². The summed E-state index contributed by atoms with van der Waals surface area (Å²) in [5, 5.41) is 7.07. The number of fused-ring (bicyclic) bond motifs is 1. The van der Waals surface area contributed by atoms with Crippen LogP contribution in [0, 0.1) is 0 Å². The third kappa shape index (κ3) is 2.49. The number of rotatable bonds is 3. The number of allylic oxidation sites excluding steroid dienone is 1. The molecule has 1 aromatic carbocycles. The highest BCUT2D eigenvalue weighted by Gasteiger charge is 2.20. The highest BCUT2D eigenvalue weighted by Crippen LogP contribution is 2.34. The molecule has 0 aliphatic heterocycles. The molecule has 1 aliphatic carbocycles. The van der Waals surface area contributed by atoms with E-state index in [1.165, 1.54) is 21.8 Å². The molecule has 3 nitrogen and oxygen atoms in total. The fourth-order valence-corrected chi connectivity index (χ4v) is 3.74. The fourth-order valence-electron chi connectivity index (χ4n) is 3.01. The van der Waals surface area contributed by atoms with Gasteiger partial charge in [-0.3, -0.25) is 0 Å². The highest BCUT2D eigenvalue weighted by molar-refractivity contribution is 7.13. The molecule has 0 bridgehead atoms. The van der Waals surface area contributed by atoms with Gasteiger partial charge in [0.05, 0.1) is 16.3 Å². The van der Waals surface area contributed by atoms with Crippen molar-refractivity contribution in [1.82, 2.24) is 9.78 Å². The molecule has 23 heavy (non-hydrogen) atoms. The van der Waals surface area contributed by atoms with E-state index < -0.39 is 0 Å². The van der Waals surface area contributed by atoms with Gasteiger partial charge in [0.2, 0.25) is 0 Å². The van der Waals surface area contributed by atoms with Gasteiger partial charge in [-0.1, -0.05) is 24.3 Å². The first kappa shape index (κ1) is 14.3. The van der Waals surface area contributed by atoms with Crippen LogP contribution in [0.3, 0.4) is 0 Å². The smallest absolute Gasteiger partial charge is 0.110 e. The summed E-state index contributed by atoms with van der Waals surface area (Å²) in [5.74, 6) is 0. The Morgan fingerprint density at radius 3 is 2.87 bits per heavy atom. The molecule has 0 unspecified atom stereocenters. The lowest BCUT2D eigenvalue weighted by Crippen LogP contribution is -2.10. The summed E-state index contributed by atoms with van der Waals surface area (Å²) in [6.45, 7) is 0. The summed E-state index contributed by atoms with van der Waals surface area (Å²) in [4.78, 5) is 3.36. The summed E-state index contributed by atoms with van der Waals surface area (Å²) >= 11 is 1.75. The number of benzene rings is 1. The van der Waals surface area contributed by atoms with Crippen LogP contribution in [0.1, 0.15) is 17.7 Å². The van der Waals surface area contributed by atoms with Crippen LogP contribution in [-0.4, -0.2) is 23.9 Å². The lowest BCUT2D eigenvalue weighted by atomic mass is 10.0. The minimum Gasteiger partial charge on any atom is -0.378 e. The van der Waals surface area contributed by atoms with Crippen LogP contribution in [0.2, 0.25) is 0 Å². The second-order valence-corrected chi connectivity index (χ2v) is 6.90. The SMILES string of the molecule is CN(C)c1cccc(-n2nc(-c3cccs3)c3c2CCC=C3)c1. The summed E-state index contributed by atoms with van der Waals surface area (Å²) in [6.07, 6.45) is 6.60. The lowest BCUT2D eigenvalue weighted by molar-refractivity contribution is 0.791. The Hall–Kier alpha value is -2.33. The minimum absolute atomic E-state index is 1.04. The number of hydrogen-bond donors (Lipinski definition) is 0. The molecule has 0 atom stereocenters. The Labute approximate surface area is 140 Å². The monoisotopic (exact) mass is 321 g/mol. The number of thiophene rings is 1. The van der Waals surface area contributed by atoms with Gasteiger partial charge in [0, 0.05) is 25.3 Å². The van der Waals surface area contributed by atoms with E-state index >= 15 is 0 Å². The van der Waals surface area contributed by atoms with Crippen LogP contribution in [0.5, 0.6) is 0 Å². The van der Waals surface area contributed by atoms with Crippen molar-refractivity contribution in [3.05, 3.63) is 59.1 Å². The highest BCUT2D eigenvalue weighted by atomic mass is 32.1. The summed E-state index contributed by atoms with van der Waals surface area (Å²) in [6, 6.07) is 12.8. The topological polar surface area (TPSA) is 21.1 Å². The van der Waals surface area contributed by atoms with Gasteiger partial charge in [0.25, 0.3) is 0 Å². The normalized spacial score (nSPS) is 13.1. The Morgan fingerprint density at radius 1 is 1.17 bits per heavy atom. The third-order valence-corrected chi connectivity index (χ3v) is 5.08. The van der Waals surface area contributed by atoms with Gasteiger partial charge in [-0.15, -0.1) is 11.3 Å². The lowest BCUT2D eigenvalue weighted by Gasteiger charge is -2.15. The van der Waals surface area contributed by atoms with E-state index in [1.807, 2.05) is 0 Å². The molecule has 4 heteroatoms. The number of aromatic nitrogens is 2. The molecule has 0 saturated heterocycles. The average Bonchev–Trinajstić information content (AvgIpc) is 3.22. The summed E-state index contributed by atoms with van der Waals surface area (Å²) in [5.41, 5.74) is 6.00. The van der Waals surface area contributed by atoms with E-state index in [0.717, 1.165) is 24.2 Å². The molecule has 3 aromatic rings. The molecule has 4 rings (SSSR count). The molecule has 116 valence electrons. The quantitative estimate of drug-likeness (QED) is 0.701. The van der Waals surface area contributed by atoms with E-state index in [2.05, 4.69) is 77.6 Å². The van der Waals surface area contributed by atoms with Crippen molar-refractivity contribution in [2.45, 2.75) is 12.8 Å². The van der Waals surface area contributed by atoms with Crippen LogP contribution >= 0.6 is 11.3 Å². The molecule has 2 aromatic heterocycles. The summed E-state index contributed by atoms with van der Waals surface area (Å²) < 4.78 is 2.13. The first-order valence-electron chi connectivity index (χ1n) is 7.84. The van der Waals surface area contributed by atoms with Gasteiger partial charge < -0.3 is 4.90 Å². The van der Waals surface area contributed by atoms with Crippen LogP contribution < -0.4 is 4.90 Å². The van der Waals surface area contributed by atoms with Gasteiger partial charge >= 0.3 is 0 Å². The van der Waals surface area contributed by atoms with Gasteiger partial charge in [-0.05, 0) is 42.5 Å². The predicted octanol–water partition coefficient (Wildman–Crippen LogP) is 4.63. The molecule has 0 radical (unpaired) electrons. The molecule has 0 spiro atoms. The molecule has 1 aliphatic rings. The van der Waals surface area contributed by atoms with Gasteiger partial charge in [0.15, 0.2) is 0 Å². The van der Waals surface area contributed by atoms with Crippen molar-refractivity contribution in [2.24, 2.45) is 0 Å². The average molecular weight is 321 g/mol. The Morgan fingerprint density at radius 2 is 2.09 bits per heavy atom. The van der Waals surface area contributed by atoms with E-state index in [1.54, 1.807) is 11.3 Å². The Balaban J connectivity index is 1.90. The van der Waals surface area contributed by atoms with Crippen LogP contribution in [0.25, 0.3) is 22.3 Å².